The number of ether oxygens (including phenoxy) is 1. The van der Waals surface area contributed by atoms with E-state index in [1.807, 2.05) is 13.8 Å². The van der Waals surface area contributed by atoms with Gasteiger partial charge in [-0.15, -0.1) is 0 Å². The van der Waals surface area contributed by atoms with E-state index >= 15 is 4.39 Å². The molecule has 6 nitrogen and oxygen atoms in total. The molecule has 0 saturated heterocycles. The molecule has 33 heavy (non-hydrogen) atoms. The van der Waals surface area contributed by atoms with E-state index in [2.05, 4.69) is 0 Å². The van der Waals surface area contributed by atoms with Crippen molar-refractivity contribution in [1.29, 1.82) is 0 Å². The normalized spacial score (nSPS) is 44.5. The van der Waals surface area contributed by atoms with Crippen LogP contribution in [-0.4, -0.2) is 45.8 Å². The summed E-state index contributed by atoms with van der Waals surface area (Å²) in [4.78, 5) is 36.8. The molecule has 184 valence electrons. The topological polar surface area (TPSA) is 101 Å². The number of aliphatic hydroxyl groups is 1. The first-order valence-corrected chi connectivity index (χ1v) is 12.4. The number of alkyl halides is 1. The van der Waals surface area contributed by atoms with Gasteiger partial charge in [-0.2, -0.15) is 0 Å². The van der Waals surface area contributed by atoms with Crippen molar-refractivity contribution in [3.8, 4) is 0 Å². The Morgan fingerprint density at radius 3 is 2.48 bits per heavy atom. The second-order valence-corrected chi connectivity index (χ2v) is 11.6. The summed E-state index contributed by atoms with van der Waals surface area (Å²) in [6.07, 6.45) is 2.90. The molecular weight excluding hydrogens is 427 g/mol. The Bertz CT molecular complexity index is 882. The lowest BCUT2D eigenvalue weighted by molar-refractivity contribution is -0.180. The minimum Gasteiger partial charge on any atom is -0.481 e. The molecule has 3 saturated carbocycles. The number of carboxylic acid groups (broad SMARTS) is 1. The minimum atomic E-state index is -1.60. The number of carboxylic acids is 1. The quantitative estimate of drug-likeness (QED) is 0.590. The Morgan fingerprint density at radius 2 is 1.85 bits per heavy atom. The highest BCUT2D eigenvalue weighted by atomic mass is 19.1. The SMILES string of the molecule is CC(C)OC(=O)C1C(F)C2=CC(=O)CC[C@]2(C)[C@H]2CC[C@@]3(C)[C@@H](CC[C@]3(O)CCC(=O)O)[C@H]12. The predicted molar refractivity (Wildman–Crippen MR) is 119 cm³/mol. The van der Waals surface area contributed by atoms with Crippen molar-refractivity contribution in [2.45, 2.75) is 96.9 Å². The zero-order valence-electron chi connectivity index (χ0n) is 20.1. The smallest absolute Gasteiger partial charge is 0.312 e. The predicted octanol–water partition coefficient (Wildman–Crippen LogP) is 4.24. The lowest BCUT2D eigenvalue weighted by Crippen LogP contribution is -2.61. The van der Waals surface area contributed by atoms with Crippen LogP contribution in [0.15, 0.2) is 11.6 Å². The maximum Gasteiger partial charge on any atom is 0.312 e. The van der Waals surface area contributed by atoms with Gasteiger partial charge >= 0.3 is 11.9 Å². The van der Waals surface area contributed by atoms with E-state index in [1.54, 1.807) is 13.8 Å². The van der Waals surface area contributed by atoms with E-state index in [4.69, 9.17) is 4.74 Å². The van der Waals surface area contributed by atoms with E-state index in [0.29, 0.717) is 44.1 Å². The number of carbonyl (C=O) groups excluding carboxylic acids is 2. The Balaban J connectivity index is 1.78. The second-order valence-electron chi connectivity index (χ2n) is 11.6. The van der Waals surface area contributed by atoms with Crippen LogP contribution < -0.4 is 0 Å². The molecule has 2 unspecified atom stereocenters. The molecule has 0 heterocycles. The molecule has 0 aliphatic heterocycles. The van der Waals surface area contributed by atoms with E-state index in [9.17, 15) is 24.6 Å². The number of esters is 1. The van der Waals surface area contributed by atoms with Crippen molar-refractivity contribution >= 4 is 17.7 Å². The summed E-state index contributed by atoms with van der Waals surface area (Å²) >= 11 is 0. The summed E-state index contributed by atoms with van der Waals surface area (Å²) in [5, 5.41) is 20.8. The van der Waals surface area contributed by atoms with Gasteiger partial charge in [-0.05, 0) is 92.6 Å². The van der Waals surface area contributed by atoms with Crippen LogP contribution in [0, 0.1) is 34.5 Å². The average Bonchev–Trinajstić information content (AvgIpc) is 2.99. The van der Waals surface area contributed by atoms with Gasteiger partial charge in [-0.3, -0.25) is 14.4 Å². The first-order valence-electron chi connectivity index (χ1n) is 12.4. The highest BCUT2D eigenvalue weighted by Crippen LogP contribution is 2.69. The third-order valence-electron chi connectivity index (χ3n) is 9.74. The third-order valence-corrected chi connectivity index (χ3v) is 9.74. The molecule has 8 atom stereocenters. The fraction of sp³-hybridized carbons (Fsp3) is 0.808. The molecule has 0 aromatic rings. The van der Waals surface area contributed by atoms with Crippen molar-refractivity contribution in [2.75, 3.05) is 0 Å². The summed E-state index contributed by atoms with van der Waals surface area (Å²) in [5.41, 5.74) is -1.82. The lowest BCUT2D eigenvalue weighted by atomic mass is 9.43. The van der Waals surface area contributed by atoms with Gasteiger partial charge < -0.3 is 14.9 Å². The molecule has 0 bridgehead atoms. The van der Waals surface area contributed by atoms with Crippen molar-refractivity contribution < 1.29 is 33.7 Å². The number of hydrogen-bond acceptors (Lipinski definition) is 5. The van der Waals surface area contributed by atoms with Gasteiger partial charge in [-0.25, -0.2) is 4.39 Å². The molecular formula is C26H37FO6. The number of ketones is 1. The molecule has 4 rings (SSSR count). The Kier molecular flexibility index (Phi) is 6.04. The Labute approximate surface area is 195 Å². The lowest BCUT2D eigenvalue weighted by Gasteiger charge is -2.61. The molecule has 4 aliphatic rings. The molecule has 0 amide bonds. The highest BCUT2D eigenvalue weighted by molar-refractivity contribution is 5.92. The van der Waals surface area contributed by atoms with E-state index in [-0.39, 0.29) is 42.5 Å². The maximum absolute atomic E-state index is 16.2. The number of aliphatic carboxylic acids is 1. The van der Waals surface area contributed by atoms with Crippen molar-refractivity contribution in [2.24, 2.45) is 34.5 Å². The van der Waals surface area contributed by atoms with E-state index < -0.39 is 40.5 Å². The average molecular weight is 465 g/mol. The third kappa shape index (κ3) is 3.65. The Morgan fingerprint density at radius 1 is 1.18 bits per heavy atom. The van der Waals surface area contributed by atoms with E-state index in [0.717, 1.165) is 0 Å². The van der Waals surface area contributed by atoms with Crippen molar-refractivity contribution in [1.82, 2.24) is 0 Å². The van der Waals surface area contributed by atoms with Gasteiger partial charge in [0.05, 0.1) is 17.6 Å². The van der Waals surface area contributed by atoms with Gasteiger partial charge in [0.1, 0.15) is 6.17 Å². The van der Waals surface area contributed by atoms with Crippen LogP contribution in [-0.2, 0) is 19.1 Å². The Hall–Kier alpha value is -1.76. The van der Waals surface area contributed by atoms with Crippen LogP contribution in [0.5, 0.6) is 0 Å². The number of rotatable bonds is 5. The summed E-state index contributed by atoms with van der Waals surface area (Å²) in [7, 11) is 0. The first-order chi connectivity index (χ1) is 15.3. The van der Waals surface area contributed by atoms with E-state index in [1.165, 1.54) is 6.08 Å². The number of carbonyl (C=O) groups is 3. The van der Waals surface area contributed by atoms with Gasteiger partial charge in [0.25, 0.3) is 0 Å². The molecule has 0 spiro atoms. The van der Waals surface area contributed by atoms with Gasteiger partial charge in [-0.1, -0.05) is 13.8 Å². The monoisotopic (exact) mass is 464 g/mol. The van der Waals surface area contributed by atoms with Crippen LogP contribution in [0.3, 0.4) is 0 Å². The van der Waals surface area contributed by atoms with Crippen LogP contribution >= 0.6 is 0 Å². The summed E-state index contributed by atoms with van der Waals surface area (Å²) < 4.78 is 21.8. The van der Waals surface area contributed by atoms with Gasteiger partial charge in [0.15, 0.2) is 5.78 Å². The molecule has 4 aliphatic carbocycles. The van der Waals surface area contributed by atoms with Gasteiger partial charge in [0.2, 0.25) is 0 Å². The molecule has 0 aromatic heterocycles. The van der Waals surface area contributed by atoms with Gasteiger partial charge in [0, 0.05) is 12.8 Å². The largest absolute Gasteiger partial charge is 0.481 e. The summed E-state index contributed by atoms with van der Waals surface area (Å²) in [5.74, 6) is -3.06. The van der Waals surface area contributed by atoms with Crippen LogP contribution in [0.4, 0.5) is 4.39 Å². The molecule has 3 fully saturated rings. The molecule has 0 radical (unpaired) electrons. The number of hydrogen-bond donors (Lipinski definition) is 2. The van der Waals surface area contributed by atoms with Crippen molar-refractivity contribution in [3.63, 3.8) is 0 Å². The number of halogens is 1. The summed E-state index contributed by atoms with van der Waals surface area (Å²) in [6, 6.07) is 0. The standard InChI is InChI=1S/C26H37FO6/c1-14(2)33-23(31)21-20-16(24(3)9-5-15(28)13-18(24)22(21)27)6-10-25(4)17(20)7-11-26(25,32)12-8-19(29)30/h13-14,16-17,20-22,32H,5-12H2,1-4H3,(H,29,30)/t16-,17-,20+,21?,22?,24+,25-,26-/m0/s1. The first kappa shape index (κ1) is 24.4. The molecule has 2 N–H and O–H groups in total. The zero-order valence-corrected chi connectivity index (χ0v) is 20.1. The minimum absolute atomic E-state index is 0.00783. The van der Waals surface area contributed by atoms with Crippen LogP contribution in [0.2, 0.25) is 0 Å². The maximum atomic E-state index is 16.2. The highest BCUT2D eigenvalue weighted by Gasteiger charge is 2.68. The van der Waals surface area contributed by atoms with Crippen LogP contribution in [0.25, 0.3) is 0 Å². The number of fused-ring (bicyclic) bond motifs is 5. The number of allylic oxidation sites excluding steroid dienone is 1. The fourth-order valence-electron chi connectivity index (χ4n) is 7.98. The molecule has 7 heteroatoms. The van der Waals surface area contributed by atoms with Crippen LogP contribution in [0.1, 0.15) is 79.1 Å². The second kappa shape index (κ2) is 8.17. The van der Waals surface area contributed by atoms with Crippen molar-refractivity contribution in [3.05, 3.63) is 11.6 Å². The fourth-order valence-corrected chi connectivity index (χ4v) is 7.98. The zero-order chi connectivity index (χ0) is 24.3. The molecule has 0 aromatic carbocycles. The summed E-state index contributed by atoms with van der Waals surface area (Å²) in [6.45, 7) is 7.51.